The minimum absolute atomic E-state index is 0.0445. The molecule has 2 N–H and O–H groups in total. The Labute approximate surface area is 120 Å². The van der Waals surface area contributed by atoms with Crippen LogP contribution >= 0.6 is 0 Å². The van der Waals surface area contributed by atoms with Crippen LogP contribution < -0.4 is 10.9 Å². The van der Waals surface area contributed by atoms with Crippen molar-refractivity contribution in [2.45, 2.75) is 51.7 Å². The molecule has 114 valence electrons. The summed E-state index contributed by atoms with van der Waals surface area (Å²) in [6, 6.07) is 0.342. The number of esters is 1. The van der Waals surface area contributed by atoms with E-state index in [0.717, 1.165) is 26.1 Å². The molecule has 2 fully saturated rings. The normalized spacial score (nSPS) is 26.2. The molecule has 0 bridgehead atoms. The van der Waals surface area contributed by atoms with E-state index in [0.29, 0.717) is 12.0 Å². The molecule has 6 nitrogen and oxygen atoms in total. The van der Waals surface area contributed by atoms with E-state index in [9.17, 15) is 9.59 Å². The Balaban J connectivity index is 1.73. The van der Waals surface area contributed by atoms with Crippen molar-refractivity contribution in [1.29, 1.82) is 0 Å². The molecule has 2 saturated heterocycles. The van der Waals surface area contributed by atoms with Crippen LogP contribution in [0.1, 0.15) is 40.0 Å². The molecule has 0 saturated carbocycles. The maximum absolute atomic E-state index is 12.1. The van der Waals surface area contributed by atoms with Crippen LogP contribution in [0.3, 0.4) is 0 Å². The third-order valence-electron chi connectivity index (χ3n) is 3.72. The lowest BCUT2D eigenvalue weighted by atomic mass is 9.93. The number of hydrazine groups is 1. The summed E-state index contributed by atoms with van der Waals surface area (Å²) in [5.74, 6) is 0.356. The summed E-state index contributed by atoms with van der Waals surface area (Å²) < 4.78 is 5.21. The lowest BCUT2D eigenvalue weighted by Crippen LogP contribution is -2.49. The minimum Gasteiger partial charge on any atom is -0.460 e. The van der Waals surface area contributed by atoms with Gasteiger partial charge in [0.15, 0.2) is 0 Å². The Morgan fingerprint density at radius 2 is 2.05 bits per heavy atom. The molecule has 2 rings (SSSR count). The topological polar surface area (TPSA) is 70.7 Å². The van der Waals surface area contributed by atoms with Crippen molar-refractivity contribution in [2.24, 2.45) is 5.92 Å². The maximum Gasteiger partial charge on any atom is 0.306 e. The number of amides is 1. The fourth-order valence-corrected chi connectivity index (χ4v) is 2.72. The largest absolute Gasteiger partial charge is 0.460 e. The Morgan fingerprint density at radius 1 is 1.30 bits per heavy atom. The number of ether oxygens (including phenoxy) is 1. The van der Waals surface area contributed by atoms with Gasteiger partial charge in [-0.05, 0) is 33.1 Å². The molecule has 0 aromatic heterocycles. The first kappa shape index (κ1) is 15.3. The van der Waals surface area contributed by atoms with Gasteiger partial charge < -0.3 is 9.64 Å². The van der Waals surface area contributed by atoms with Crippen LogP contribution in [0.4, 0.5) is 0 Å². The number of hydrogen-bond donors (Lipinski definition) is 2. The predicted molar refractivity (Wildman–Crippen MR) is 74.7 cm³/mol. The van der Waals surface area contributed by atoms with Crippen LogP contribution in [0, 0.1) is 5.92 Å². The van der Waals surface area contributed by atoms with Crippen LogP contribution in [-0.4, -0.2) is 48.1 Å². The van der Waals surface area contributed by atoms with E-state index in [4.69, 9.17) is 4.74 Å². The van der Waals surface area contributed by atoms with Crippen molar-refractivity contribution in [3.8, 4) is 0 Å². The van der Waals surface area contributed by atoms with Crippen LogP contribution in [0.25, 0.3) is 0 Å². The van der Waals surface area contributed by atoms with Crippen molar-refractivity contribution >= 4 is 11.9 Å². The van der Waals surface area contributed by atoms with Crippen LogP contribution in [0.2, 0.25) is 0 Å². The highest BCUT2D eigenvalue weighted by Crippen LogP contribution is 2.20. The van der Waals surface area contributed by atoms with E-state index >= 15 is 0 Å². The van der Waals surface area contributed by atoms with Crippen LogP contribution in [0.15, 0.2) is 0 Å². The van der Waals surface area contributed by atoms with E-state index in [-0.39, 0.29) is 24.7 Å². The molecule has 2 aliphatic heterocycles. The Hall–Kier alpha value is -1.14. The van der Waals surface area contributed by atoms with Crippen molar-refractivity contribution in [1.82, 2.24) is 15.8 Å². The third-order valence-corrected chi connectivity index (χ3v) is 3.72. The van der Waals surface area contributed by atoms with E-state index in [1.807, 2.05) is 25.7 Å². The van der Waals surface area contributed by atoms with Gasteiger partial charge in [-0.25, -0.2) is 0 Å². The van der Waals surface area contributed by atoms with Crippen molar-refractivity contribution in [3.63, 3.8) is 0 Å². The van der Waals surface area contributed by atoms with Gasteiger partial charge >= 0.3 is 5.97 Å². The summed E-state index contributed by atoms with van der Waals surface area (Å²) in [5.41, 5.74) is 5.85. The number of nitrogens with zero attached hydrogens (tertiary/aromatic N) is 1. The smallest absolute Gasteiger partial charge is 0.306 e. The molecule has 0 spiro atoms. The summed E-state index contributed by atoms with van der Waals surface area (Å²) in [6.45, 7) is 7.98. The van der Waals surface area contributed by atoms with Gasteiger partial charge in [-0.2, -0.15) is 0 Å². The van der Waals surface area contributed by atoms with Crippen LogP contribution in [0.5, 0.6) is 0 Å². The van der Waals surface area contributed by atoms with E-state index in [1.165, 1.54) is 0 Å². The molecule has 0 aromatic carbocycles. The average Bonchev–Trinajstić information content (AvgIpc) is 2.80. The lowest BCUT2D eigenvalue weighted by Gasteiger charge is -2.34. The SMILES string of the molecule is CC(C)(C)OC(=O)CCC(=O)N1CCC2CNNC2C1. The van der Waals surface area contributed by atoms with Gasteiger partial charge in [0.25, 0.3) is 0 Å². The van der Waals surface area contributed by atoms with Crippen molar-refractivity contribution in [2.75, 3.05) is 19.6 Å². The molecule has 2 atom stereocenters. The summed E-state index contributed by atoms with van der Waals surface area (Å²) in [7, 11) is 0. The predicted octanol–water partition coefficient (Wildman–Crippen LogP) is 0.433. The molecule has 2 heterocycles. The first-order valence-corrected chi connectivity index (χ1v) is 7.33. The van der Waals surface area contributed by atoms with Gasteiger partial charge in [0, 0.05) is 32.1 Å². The highest BCUT2D eigenvalue weighted by Gasteiger charge is 2.34. The van der Waals surface area contributed by atoms with Crippen LogP contribution in [-0.2, 0) is 14.3 Å². The first-order chi connectivity index (χ1) is 9.35. The number of nitrogens with one attached hydrogen (secondary N) is 2. The summed E-state index contributed by atoms with van der Waals surface area (Å²) >= 11 is 0. The first-order valence-electron chi connectivity index (χ1n) is 7.33. The summed E-state index contributed by atoms with van der Waals surface area (Å²) in [6.07, 6.45) is 1.41. The zero-order valence-corrected chi connectivity index (χ0v) is 12.6. The second kappa shape index (κ2) is 6.10. The number of carbonyl (C=O) groups excluding carboxylic acids is 2. The van der Waals surface area contributed by atoms with E-state index in [1.54, 1.807) is 0 Å². The highest BCUT2D eigenvalue weighted by atomic mass is 16.6. The van der Waals surface area contributed by atoms with Gasteiger partial charge in [0.1, 0.15) is 5.60 Å². The fraction of sp³-hybridized carbons (Fsp3) is 0.857. The molecule has 0 aromatic rings. The van der Waals surface area contributed by atoms with E-state index < -0.39 is 5.60 Å². The Bertz CT molecular complexity index is 378. The highest BCUT2D eigenvalue weighted by molar-refractivity contribution is 5.81. The number of hydrogen-bond acceptors (Lipinski definition) is 5. The number of likely N-dealkylation sites (tertiary alicyclic amines) is 1. The third kappa shape index (κ3) is 4.18. The molecule has 2 unspecified atom stereocenters. The number of rotatable bonds is 3. The fourth-order valence-electron chi connectivity index (χ4n) is 2.72. The number of fused-ring (bicyclic) bond motifs is 1. The molecule has 0 aliphatic carbocycles. The standard InChI is InChI=1S/C14H25N3O3/c1-14(2,3)20-13(19)5-4-12(18)17-7-6-10-8-15-16-11(10)9-17/h10-11,15-16H,4-9H2,1-3H3. The second-order valence-electron chi connectivity index (χ2n) is 6.61. The van der Waals surface area contributed by atoms with Gasteiger partial charge in [0.05, 0.1) is 6.42 Å². The zero-order chi connectivity index (χ0) is 14.8. The molecule has 2 aliphatic rings. The van der Waals surface area contributed by atoms with Gasteiger partial charge in [-0.15, -0.1) is 0 Å². The monoisotopic (exact) mass is 283 g/mol. The number of piperidine rings is 1. The average molecular weight is 283 g/mol. The summed E-state index contributed by atoms with van der Waals surface area (Å²) in [4.78, 5) is 25.6. The molecular formula is C14H25N3O3. The molecule has 1 amide bonds. The van der Waals surface area contributed by atoms with E-state index in [2.05, 4.69) is 10.9 Å². The minimum atomic E-state index is -0.488. The summed E-state index contributed by atoms with van der Waals surface area (Å²) in [5, 5.41) is 0. The Morgan fingerprint density at radius 3 is 2.75 bits per heavy atom. The van der Waals surface area contributed by atoms with Crippen molar-refractivity contribution in [3.05, 3.63) is 0 Å². The molecule has 0 radical (unpaired) electrons. The number of carbonyl (C=O) groups is 2. The molecule has 20 heavy (non-hydrogen) atoms. The van der Waals surface area contributed by atoms with Gasteiger partial charge in [0.2, 0.25) is 5.91 Å². The van der Waals surface area contributed by atoms with Gasteiger partial charge in [-0.1, -0.05) is 0 Å². The second-order valence-corrected chi connectivity index (χ2v) is 6.61. The quantitative estimate of drug-likeness (QED) is 0.735. The maximum atomic E-state index is 12.1. The van der Waals surface area contributed by atoms with Crippen molar-refractivity contribution < 1.29 is 14.3 Å². The zero-order valence-electron chi connectivity index (χ0n) is 12.6. The molecular weight excluding hydrogens is 258 g/mol. The molecule has 6 heteroatoms. The lowest BCUT2D eigenvalue weighted by molar-refractivity contribution is -0.156. The van der Waals surface area contributed by atoms with Gasteiger partial charge in [-0.3, -0.25) is 20.4 Å². The Kier molecular flexibility index (Phi) is 4.65.